The number of carbonyl (C=O) groups excluding carboxylic acids is 3. The van der Waals surface area contributed by atoms with Gasteiger partial charge < -0.3 is 10.2 Å². The third-order valence-corrected chi connectivity index (χ3v) is 6.87. The van der Waals surface area contributed by atoms with E-state index in [4.69, 9.17) is 23.2 Å². The number of likely N-dealkylation sites (tertiary alicyclic amines) is 1. The summed E-state index contributed by atoms with van der Waals surface area (Å²) in [5.41, 5.74) is 2.14. The predicted octanol–water partition coefficient (Wildman–Crippen LogP) is 5.47. The fourth-order valence-electron chi connectivity index (χ4n) is 4.37. The average molecular weight is 495 g/mol. The van der Waals surface area contributed by atoms with Crippen LogP contribution in [0.4, 0.5) is 0 Å². The van der Waals surface area contributed by atoms with Gasteiger partial charge in [0.2, 0.25) is 11.8 Å². The molecule has 0 saturated carbocycles. The fraction of sp³-hybridized carbons (Fsp3) is 0.222. The van der Waals surface area contributed by atoms with E-state index < -0.39 is 12.0 Å². The summed E-state index contributed by atoms with van der Waals surface area (Å²) >= 11 is 12.2. The lowest BCUT2D eigenvalue weighted by atomic mass is 9.83. The summed E-state index contributed by atoms with van der Waals surface area (Å²) in [6, 6.07) is 23.7. The maximum absolute atomic E-state index is 13.3. The highest BCUT2D eigenvalue weighted by molar-refractivity contribution is 6.44. The van der Waals surface area contributed by atoms with Gasteiger partial charge in [-0.2, -0.15) is 0 Å². The normalized spacial score (nSPS) is 17.9. The van der Waals surface area contributed by atoms with E-state index in [9.17, 15) is 14.4 Å². The van der Waals surface area contributed by atoms with E-state index in [1.807, 2.05) is 60.7 Å². The first-order valence-electron chi connectivity index (χ1n) is 11.1. The van der Waals surface area contributed by atoms with Gasteiger partial charge in [0.05, 0.1) is 28.5 Å². The molecule has 3 aromatic rings. The SMILES string of the molecule is O=C(CNC(=O)C1CCC(=O)N(Cc2ccccc2)C1c1ccccc1)c1cccc(Cl)c1Cl. The van der Waals surface area contributed by atoms with Gasteiger partial charge in [-0.15, -0.1) is 0 Å². The van der Waals surface area contributed by atoms with Crippen LogP contribution in [0.1, 0.15) is 40.4 Å². The maximum Gasteiger partial charge on any atom is 0.225 e. The Balaban J connectivity index is 1.56. The second kappa shape index (κ2) is 10.9. The molecule has 2 unspecified atom stereocenters. The molecule has 5 nitrogen and oxygen atoms in total. The number of nitrogens with one attached hydrogen (secondary N) is 1. The molecule has 4 rings (SSSR count). The van der Waals surface area contributed by atoms with E-state index >= 15 is 0 Å². The van der Waals surface area contributed by atoms with Crippen LogP contribution in [0, 0.1) is 5.92 Å². The number of hydrogen-bond acceptors (Lipinski definition) is 3. The Hall–Kier alpha value is -3.15. The Kier molecular flexibility index (Phi) is 7.66. The molecule has 7 heteroatoms. The number of halogens is 2. The quantitative estimate of drug-likeness (QED) is 0.442. The Morgan fingerprint density at radius 3 is 2.29 bits per heavy atom. The minimum Gasteiger partial charge on any atom is -0.348 e. The van der Waals surface area contributed by atoms with Crippen molar-refractivity contribution >= 4 is 40.8 Å². The summed E-state index contributed by atoms with van der Waals surface area (Å²) in [5.74, 6) is -1.09. The van der Waals surface area contributed by atoms with Gasteiger partial charge in [0.1, 0.15) is 0 Å². The second-order valence-electron chi connectivity index (χ2n) is 8.25. The monoisotopic (exact) mass is 494 g/mol. The smallest absolute Gasteiger partial charge is 0.225 e. The predicted molar refractivity (Wildman–Crippen MR) is 133 cm³/mol. The Morgan fingerprint density at radius 1 is 0.912 bits per heavy atom. The third kappa shape index (κ3) is 5.32. The van der Waals surface area contributed by atoms with Crippen molar-refractivity contribution in [2.45, 2.75) is 25.4 Å². The van der Waals surface area contributed by atoms with Crippen molar-refractivity contribution in [2.75, 3.05) is 6.54 Å². The van der Waals surface area contributed by atoms with Crippen LogP contribution in [0.3, 0.4) is 0 Å². The molecule has 1 aliphatic heterocycles. The largest absolute Gasteiger partial charge is 0.348 e. The number of nitrogens with zero attached hydrogens (tertiary/aromatic N) is 1. The molecular formula is C27H24Cl2N2O3. The van der Waals surface area contributed by atoms with Crippen molar-refractivity contribution in [3.05, 3.63) is 106 Å². The van der Waals surface area contributed by atoms with Crippen molar-refractivity contribution in [2.24, 2.45) is 5.92 Å². The summed E-state index contributed by atoms with van der Waals surface area (Å²) in [6.45, 7) is 0.198. The molecule has 0 aliphatic carbocycles. The number of rotatable bonds is 7. The average Bonchev–Trinajstić information content (AvgIpc) is 2.86. The minimum atomic E-state index is -0.494. The number of amides is 2. The van der Waals surface area contributed by atoms with Crippen LogP contribution in [0.2, 0.25) is 10.0 Å². The zero-order valence-corrected chi connectivity index (χ0v) is 19.9. The molecule has 34 heavy (non-hydrogen) atoms. The molecule has 1 N–H and O–H groups in total. The van der Waals surface area contributed by atoms with E-state index in [1.54, 1.807) is 23.1 Å². The number of ketones is 1. The lowest BCUT2D eigenvalue weighted by Crippen LogP contribution is -2.48. The number of carbonyl (C=O) groups is 3. The molecule has 0 spiro atoms. The van der Waals surface area contributed by atoms with Gasteiger partial charge in [-0.25, -0.2) is 0 Å². The lowest BCUT2D eigenvalue weighted by molar-refractivity contribution is -0.144. The van der Waals surface area contributed by atoms with E-state index in [1.165, 1.54) is 0 Å². The molecule has 0 aromatic heterocycles. The number of piperidine rings is 1. The van der Waals surface area contributed by atoms with Crippen molar-refractivity contribution in [1.82, 2.24) is 10.2 Å². The van der Waals surface area contributed by atoms with Crippen molar-refractivity contribution in [3.63, 3.8) is 0 Å². The highest BCUT2D eigenvalue weighted by Gasteiger charge is 2.40. The number of Topliss-reactive ketones (excluding diaryl/α,β-unsaturated/α-hetero) is 1. The van der Waals surface area contributed by atoms with Crippen molar-refractivity contribution < 1.29 is 14.4 Å². The van der Waals surface area contributed by atoms with E-state index in [0.29, 0.717) is 13.0 Å². The Morgan fingerprint density at radius 2 is 1.59 bits per heavy atom. The standard InChI is InChI=1S/C27H24Cl2N2O3/c28-22-13-7-12-20(25(22)29)23(32)16-30-27(34)21-14-15-24(33)31(17-18-8-3-1-4-9-18)26(21)19-10-5-2-6-11-19/h1-13,21,26H,14-17H2,(H,30,34). The first kappa shape index (κ1) is 24.0. The molecule has 1 heterocycles. The van der Waals surface area contributed by atoms with Crippen LogP contribution < -0.4 is 5.32 Å². The molecule has 1 aliphatic rings. The highest BCUT2D eigenvalue weighted by Crippen LogP contribution is 2.38. The molecule has 3 aromatic carbocycles. The molecule has 2 atom stereocenters. The van der Waals surface area contributed by atoms with Gasteiger partial charge >= 0.3 is 0 Å². The summed E-state index contributed by atoms with van der Waals surface area (Å²) in [4.78, 5) is 40.8. The number of hydrogen-bond donors (Lipinski definition) is 1. The molecule has 174 valence electrons. The second-order valence-corrected chi connectivity index (χ2v) is 9.04. The van der Waals surface area contributed by atoms with Gasteiger partial charge in [-0.3, -0.25) is 14.4 Å². The first-order chi connectivity index (χ1) is 16.5. The summed E-state index contributed by atoms with van der Waals surface area (Å²) in [6.07, 6.45) is 0.671. The fourth-order valence-corrected chi connectivity index (χ4v) is 4.78. The van der Waals surface area contributed by atoms with E-state index in [2.05, 4.69) is 5.32 Å². The number of benzene rings is 3. The summed E-state index contributed by atoms with van der Waals surface area (Å²) in [5, 5.41) is 3.22. The van der Waals surface area contributed by atoms with Crippen molar-refractivity contribution in [1.29, 1.82) is 0 Å². The van der Waals surface area contributed by atoms with Gasteiger partial charge in [-0.1, -0.05) is 89.9 Å². The van der Waals surface area contributed by atoms with Gasteiger partial charge in [0, 0.05) is 18.5 Å². The Bertz CT molecular complexity index is 1180. The van der Waals surface area contributed by atoms with Crippen LogP contribution in [0.15, 0.2) is 78.9 Å². The molecule has 1 fully saturated rings. The van der Waals surface area contributed by atoms with Gasteiger partial charge in [0.15, 0.2) is 5.78 Å². The van der Waals surface area contributed by atoms with Crippen LogP contribution in [0.25, 0.3) is 0 Å². The third-order valence-electron chi connectivity index (χ3n) is 6.06. The topological polar surface area (TPSA) is 66.5 Å². The first-order valence-corrected chi connectivity index (χ1v) is 11.8. The maximum atomic E-state index is 13.3. The zero-order valence-electron chi connectivity index (χ0n) is 18.4. The molecule has 2 amide bonds. The Labute approximate surface area is 208 Å². The minimum absolute atomic E-state index is 0.00328. The van der Waals surface area contributed by atoms with Gasteiger partial charge in [0.25, 0.3) is 0 Å². The summed E-state index contributed by atoms with van der Waals surface area (Å²) < 4.78 is 0. The van der Waals surface area contributed by atoms with Crippen molar-refractivity contribution in [3.8, 4) is 0 Å². The lowest BCUT2D eigenvalue weighted by Gasteiger charge is -2.41. The highest BCUT2D eigenvalue weighted by atomic mass is 35.5. The van der Waals surface area contributed by atoms with Crippen LogP contribution in [-0.2, 0) is 16.1 Å². The van der Waals surface area contributed by atoms with Gasteiger partial charge in [-0.05, 0) is 29.7 Å². The van der Waals surface area contributed by atoms with Crippen LogP contribution in [0.5, 0.6) is 0 Å². The van der Waals surface area contributed by atoms with E-state index in [-0.39, 0.29) is 46.2 Å². The molecular weight excluding hydrogens is 471 g/mol. The summed E-state index contributed by atoms with van der Waals surface area (Å²) in [7, 11) is 0. The molecule has 1 saturated heterocycles. The molecule has 0 radical (unpaired) electrons. The molecule has 0 bridgehead atoms. The van der Waals surface area contributed by atoms with E-state index in [0.717, 1.165) is 11.1 Å². The zero-order chi connectivity index (χ0) is 24.1. The van der Waals surface area contributed by atoms with Crippen LogP contribution >= 0.6 is 23.2 Å². The van der Waals surface area contributed by atoms with Crippen LogP contribution in [-0.4, -0.2) is 29.0 Å².